The fourth-order valence-electron chi connectivity index (χ4n) is 6.86. The van der Waals surface area contributed by atoms with Gasteiger partial charge in [-0.05, 0) is 125 Å². The standard InChI is InChI=1S/C45H54N4.4ClH.2Ni/c1-12-48(42-18-14-16-22-46-42)44-37(29(3)4)25-35(26-38(44)30(5)6)34-21-20-33(11)41(24-34)36-27-39(31(7)8)45(40(28-36)32(9)10)49(13-2)43-19-15-17-23-47-43;;;;;;/h12-32H,1-11H3;4*1H;;/q+2;;;;;;/p-4. The van der Waals surface area contributed by atoms with E-state index in [-0.39, 0.29) is 82.6 Å². The molecule has 0 fully saturated rings. The first-order valence-electron chi connectivity index (χ1n) is 17.9. The van der Waals surface area contributed by atoms with Crippen molar-refractivity contribution in [2.75, 3.05) is 0 Å². The molecule has 5 rings (SSSR count). The maximum absolute atomic E-state index is 4.73. The fourth-order valence-corrected chi connectivity index (χ4v) is 6.86. The number of rotatable bonds is 10. The van der Waals surface area contributed by atoms with Crippen molar-refractivity contribution in [2.45, 2.75) is 99.8 Å². The van der Waals surface area contributed by atoms with Gasteiger partial charge in [-0.25, -0.2) is 9.15 Å². The van der Waals surface area contributed by atoms with E-state index in [2.05, 4.69) is 164 Å². The van der Waals surface area contributed by atoms with Crippen molar-refractivity contribution in [2.24, 2.45) is 0 Å². The van der Waals surface area contributed by atoms with Crippen LogP contribution in [-0.4, -0.2) is 22.4 Å². The zero-order valence-corrected chi connectivity index (χ0v) is 38.6. The Labute approximate surface area is 375 Å². The van der Waals surface area contributed by atoms with Gasteiger partial charge in [-0.3, -0.25) is 0 Å². The Morgan fingerprint density at radius 2 is 0.836 bits per heavy atom. The molecule has 4 nitrogen and oxygen atoms in total. The first-order chi connectivity index (χ1) is 23.5. The molecule has 0 radical (unpaired) electrons. The van der Waals surface area contributed by atoms with Crippen LogP contribution in [0.25, 0.3) is 22.3 Å². The van der Waals surface area contributed by atoms with Gasteiger partial charge in [0.1, 0.15) is 23.8 Å². The van der Waals surface area contributed by atoms with Gasteiger partial charge >= 0.3 is 11.6 Å². The molecule has 0 atom stereocenters. The van der Waals surface area contributed by atoms with Crippen molar-refractivity contribution >= 4 is 35.4 Å². The second kappa shape index (κ2) is 24.3. The Kier molecular flexibility index (Phi) is 24.1. The average Bonchev–Trinajstić information content (AvgIpc) is 3.09. The van der Waals surface area contributed by atoms with Crippen LogP contribution in [0.5, 0.6) is 0 Å². The summed E-state index contributed by atoms with van der Waals surface area (Å²) >= 11 is 0. The number of hydrogen-bond acceptors (Lipinski definition) is 2. The summed E-state index contributed by atoms with van der Waals surface area (Å²) in [7, 11) is 0. The van der Waals surface area contributed by atoms with Crippen molar-refractivity contribution < 1.29 is 82.6 Å². The van der Waals surface area contributed by atoms with Crippen LogP contribution in [0.1, 0.15) is 121 Å². The summed E-state index contributed by atoms with van der Waals surface area (Å²) in [5, 5.41) is 0. The maximum atomic E-state index is 4.73. The van der Waals surface area contributed by atoms with Crippen LogP contribution < -0.4 is 58.8 Å². The largest absolute Gasteiger partial charge is 1.00 e. The molecule has 304 valence electrons. The van der Waals surface area contributed by atoms with Gasteiger partial charge in [-0.2, -0.15) is 0 Å². The van der Waals surface area contributed by atoms with Crippen LogP contribution in [0.15, 0.2) is 91.3 Å². The van der Waals surface area contributed by atoms with Gasteiger partial charge in [0.05, 0.1) is 12.4 Å². The van der Waals surface area contributed by atoms with E-state index in [0.29, 0.717) is 23.7 Å². The predicted molar refractivity (Wildman–Crippen MR) is 213 cm³/mol. The molecular formula is C45H54Cl4N4Ni2-2. The number of hydrogen-bond donors (Lipinski definition) is 0. The molecule has 0 saturated heterocycles. The summed E-state index contributed by atoms with van der Waals surface area (Å²) in [6.07, 6.45) is 8.04. The van der Waals surface area contributed by atoms with E-state index in [0.717, 1.165) is 11.6 Å². The average molecular weight is 910 g/mol. The van der Waals surface area contributed by atoms with Gasteiger partial charge in [-0.1, -0.05) is 79.7 Å². The van der Waals surface area contributed by atoms with E-state index in [4.69, 9.17) is 9.97 Å². The molecule has 3 aromatic carbocycles. The molecule has 2 aromatic heterocycles. The zero-order valence-electron chi connectivity index (χ0n) is 33.6. The second-order valence-electron chi connectivity index (χ2n) is 14.3. The normalized spacial score (nSPS) is 11.2. The number of benzene rings is 3. The third kappa shape index (κ3) is 12.0. The van der Waals surface area contributed by atoms with E-state index in [9.17, 15) is 0 Å². The number of halogens is 4. The van der Waals surface area contributed by atoms with E-state index < -0.39 is 0 Å². The summed E-state index contributed by atoms with van der Waals surface area (Å²) < 4.78 is 4.53. The van der Waals surface area contributed by atoms with Gasteiger partial charge in [-0.15, -0.1) is 0 Å². The summed E-state index contributed by atoms with van der Waals surface area (Å²) in [5.41, 5.74) is 14.1. The van der Waals surface area contributed by atoms with Crippen molar-refractivity contribution in [3.63, 3.8) is 0 Å². The molecule has 0 N–H and O–H groups in total. The number of nitrogens with zero attached hydrogens (tertiary/aromatic N) is 4. The summed E-state index contributed by atoms with van der Waals surface area (Å²) in [4.78, 5) is 9.46. The summed E-state index contributed by atoms with van der Waals surface area (Å²) in [5.74, 6) is 3.19. The van der Waals surface area contributed by atoms with Gasteiger partial charge < -0.3 is 49.6 Å². The van der Waals surface area contributed by atoms with Gasteiger partial charge in [0.2, 0.25) is 0 Å². The number of aryl methyl sites for hydroxylation is 1. The molecular weight excluding hydrogens is 856 g/mol. The number of aromatic nitrogens is 2. The Bertz CT molecular complexity index is 1960. The minimum atomic E-state index is 0. The maximum Gasteiger partial charge on any atom is 0.327 e. The Morgan fingerprint density at radius 3 is 1.15 bits per heavy atom. The van der Waals surface area contributed by atoms with Crippen LogP contribution >= 0.6 is 0 Å². The zero-order chi connectivity index (χ0) is 35.4. The van der Waals surface area contributed by atoms with Crippen LogP contribution in [0.2, 0.25) is 0 Å². The van der Waals surface area contributed by atoms with E-state index in [1.165, 1.54) is 61.4 Å². The van der Waals surface area contributed by atoms with E-state index in [1.54, 1.807) is 0 Å². The Hall–Kier alpha value is -2.55. The number of pyridine rings is 2. The molecule has 0 spiro atoms. The van der Waals surface area contributed by atoms with Crippen molar-refractivity contribution in [1.29, 1.82) is 0 Å². The van der Waals surface area contributed by atoms with E-state index >= 15 is 0 Å². The molecule has 0 aliphatic heterocycles. The van der Waals surface area contributed by atoms with Crippen molar-refractivity contribution in [3.05, 3.63) is 119 Å². The molecule has 2 heterocycles. The van der Waals surface area contributed by atoms with Crippen LogP contribution in [0, 0.1) is 6.92 Å². The van der Waals surface area contributed by atoms with Gasteiger partial charge in [0, 0.05) is 67.4 Å². The minimum absolute atomic E-state index is 0. The quantitative estimate of drug-likeness (QED) is 0.116. The van der Waals surface area contributed by atoms with Gasteiger partial charge in [0.25, 0.3) is 0 Å². The molecule has 0 amide bonds. The Morgan fingerprint density at radius 1 is 0.473 bits per heavy atom. The first kappa shape index (κ1) is 54.5. The summed E-state index contributed by atoms with van der Waals surface area (Å²) in [6, 6.07) is 28.9. The molecule has 10 heteroatoms. The Balaban J connectivity index is 0. The molecule has 5 aromatic rings. The van der Waals surface area contributed by atoms with Crippen LogP contribution in [-0.2, 0) is 33.0 Å². The molecule has 0 aliphatic carbocycles. The van der Waals surface area contributed by atoms with Gasteiger partial charge in [0.15, 0.2) is 0 Å². The molecule has 0 bridgehead atoms. The molecule has 0 unspecified atom stereocenters. The van der Waals surface area contributed by atoms with Crippen LogP contribution in [0.3, 0.4) is 0 Å². The topological polar surface area (TPSA) is 31.8 Å². The van der Waals surface area contributed by atoms with Crippen molar-refractivity contribution in [1.82, 2.24) is 19.1 Å². The molecule has 55 heavy (non-hydrogen) atoms. The third-order valence-corrected chi connectivity index (χ3v) is 9.50. The van der Waals surface area contributed by atoms with Crippen molar-refractivity contribution in [3.8, 4) is 22.3 Å². The summed E-state index contributed by atoms with van der Waals surface area (Å²) in [6.45, 7) is 24.8. The minimum Gasteiger partial charge on any atom is -1.00 e. The molecule has 0 saturated carbocycles. The monoisotopic (exact) mass is 906 g/mol. The molecule has 0 aliphatic rings. The SMILES string of the molecule is CC=[N+](c1ccccn1)c1c(C(C)C)cc(-c2ccc(C)c(-c3cc(C(C)C)c([N+](=CC)c4ccccn4)c(C(C)C)c3)c2)cc1C(C)C.[Cl-].[Cl-].[Cl-].[Cl-].[Ni].[Ni]. The van der Waals surface area contributed by atoms with E-state index in [1.807, 2.05) is 24.5 Å². The predicted octanol–water partition coefficient (Wildman–Crippen LogP) is 0.474. The van der Waals surface area contributed by atoms with Crippen LogP contribution in [0.4, 0.5) is 23.0 Å². The fraction of sp³-hybridized carbons (Fsp3) is 0.333. The third-order valence-electron chi connectivity index (χ3n) is 9.50. The smallest absolute Gasteiger partial charge is 0.327 e. The first-order valence-corrected chi connectivity index (χ1v) is 17.9. The second-order valence-corrected chi connectivity index (χ2v) is 14.3.